The topological polar surface area (TPSA) is 68.1 Å². The molecule has 0 radical (unpaired) electrons. The number of aryl methyl sites for hydroxylation is 1. The van der Waals surface area contributed by atoms with Crippen LogP contribution in [0.3, 0.4) is 0 Å². The van der Waals surface area contributed by atoms with Gasteiger partial charge >= 0.3 is 0 Å². The van der Waals surface area contributed by atoms with Gasteiger partial charge in [0.25, 0.3) is 5.91 Å². The van der Waals surface area contributed by atoms with Gasteiger partial charge in [-0.05, 0) is 30.7 Å². The number of aromatic nitrogens is 3. The van der Waals surface area contributed by atoms with Crippen LogP contribution in [0.4, 0.5) is 5.13 Å². The summed E-state index contributed by atoms with van der Waals surface area (Å²) in [5.41, 5.74) is 2.57. The maximum absolute atomic E-state index is 13.6. The molecule has 2 aromatic heterocycles. The summed E-state index contributed by atoms with van der Waals surface area (Å²) in [6.07, 6.45) is 6.18. The largest absolute Gasteiger partial charge is 0.337 e. The van der Waals surface area contributed by atoms with E-state index in [1.807, 2.05) is 53.2 Å². The van der Waals surface area contributed by atoms with Crippen LogP contribution in [-0.2, 0) is 6.54 Å². The molecule has 0 spiro atoms. The highest BCUT2D eigenvalue weighted by atomic mass is 32.1. The maximum Gasteiger partial charge on any atom is 0.260 e. The van der Waals surface area contributed by atoms with Gasteiger partial charge in [-0.1, -0.05) is 65.9 Å². The van der Waals surface area contributed by atoms with Gasteiger partial charge in [0.1, 0.15) is 0 Å². The summed E-state index contributed by atoms with van der Waals surface area (Å²) in [7, 11) is 0. The molecule has 7 heteroatoms. The molecule has 3 aromatic carbocycles. The molecule has 0 atom stereocenters. The number of rotatable bonds is 8. The Hall–Kier alpha value is -4.10. The number of benzene rings is 3. The highest BCUT2D eigenvalue weighted by Crippen LogP contribution is 2.30. The lowest BCUT2D eigenvalue weighted by atomic mass is 10.0. The van der Waals surface area contributed by atoms with Crippen LogP contribution in [0.1, 0.15) is 32.7 Å². The first-order valence-corrected chi connectivity index (χ1v) is 11.8. The molecule has 5 rings (SSSR count). The predicted octanol–water partition coefficient (Wildman–Crippen LogP) is 5.46. The molecule has 168 valence electrons. The number of carbonyl (C=O) groups excluding carboxylic acids is 2. The van der Waals surface area contributed by atoms with E-state index in [-0.39, 0.29) is 11.7 Å². The van der Waals surface area contributed by atoms with E-state index in [1.165, 1.54) is 11.3 Å². The van der Waals surface area contributed by atoms with E-state index in [0.29, 0.717) is 28.4 Å². The summed E-state index contributed by atoms with van der Waals surface area (Å²) in [5.74, 6) is -0.202. The first-order chi connectivity index (χ1) is 16.7. The minimum Gasteiger partial charge on any atom is -0.337 e. The molecule has 1 amide bonds. The van der Waals surface area contributed by atoms with Crippen molar-refractivity contribution in [3.63, 3.8) is 0 Å². The van der Waals surface area contributed by atoms with Crippen LogP contribution in [0.15, 0.2) is 97.6 Å². The molecule has 5 aromatic rings. The zero-order chi connectivity index (χ0) is 23.3. The van der Waals surface area contributed by atoms with E-state index in [4.69, 9.17) is 4.98 Å². The Bertz CT molecular complexity index is 1380. The quantitative estimate of drug-likeness (QED) is 0.285. The number of anilines is 1. The molecule has 0 aliphatic carbocycles. The average molecular weight is 467 g/mol. The monoisotopic (exact) mass is 466 g/mol. The first-order valence-electron chi connectivity index (χ1n) is 11.0. The van der Waals surface area contributed by atoms with Crippen molar-refractivity contribution in [3.05, 3.63) is 114 Å². The van der Waals surface area contributed by atoms with E-state index in [0.717, 1.165) is 23.2 Å². The van der Waals surface area contributed by atoms with Crippen LogP contribution in [0, 0.1) is 0 Å². The molecule has 0 unspecified atom stereocenters. The van der Waals surface area contributed by atoms with E-state index in [9.17, 15) is 9.59 Å². The van der Waals surface area contributed by atoms with Crippen molar-refractivity contribution >= 4 is 38.4 Å². The molecule has 6 nitrogen and oxygen atoms in total. The maximum atomic E-state index is 13.6. The minimum absolute atomic E-state index is 0.0667. The lowest BCUT2D eigenvalue weighted by Gasteiger charge is -2.20. The molecule has 0 saturated carbocycles. The van der Waals surface area contributed by atoms with Crippen LogP contribution >= 0.6 is 11.3 Å². The predicted molar refractivity (Wildman–Crippen MR) is 134 cm³/mol. The van der Waals surface area contributed by atoms with E-state index in [1.54, 1.807) is 53.8 Å². The average Bonchev–Trinajstić information content (AvgIpc) is 3.56. The summed E-state index contributed by atoms with van der Waals surface area (Å²) < 4.78 is 3.03. The highest BCUT2D eigenvalue weighted by molar-refractivity contribution is 7.22. The van der Waals surface area contributed by atoms with Crippen molar-refractivity contribution in [1.82, 2.24) is 14.5 Å². The number of imidazole rings is 1. The summed E-state index contributed by atoms with van der Waals surface area (Å²) in [4.78, 5) is 36.8. The number of hydrogen-bond donors (Lipinski definition) is 0. The lowest BCUT2D eigenvalue weighted by molar-refractivity contribution is 0.0984. The Labute approximate surface area is 201 Å². The second-order valence-electron chi connectivity index (χ2n) is 7.85. The Morgan fingerprint density at radius 2 is 1.56 bits per heavy atom. The Kier molecular flexibility index (Phi) is 6.27. The number of ketones is 1. The minimum atomic E-state index is -0.136. The van der Waals surface area contributed by atoms with Gasteiger partial charge in [-0.3, -0.25) is 14.5 Å². The van der Waals surface area contributed by atoms with Crippen molar-refractivity contribution in [2.24, 2.45) is 0 Å². The second kappa shape index (κ2) is 9.80. The van der Waals surface area contributed by atoms with Crippen LogP contribution in [0.25, 0.3) is 10.2 Å². The number of hydrogen-bond acceptors (Lipinski definition) is 5. The van der Waals surface area contributed by atoms with Gasteiger partial charge in [-0.2, -0.15) is 0 Å². The van der Waals surface area contributed by atoms with E-state index >= 15 is 0 Å². The number of thiazole rings is 1. The first kappa shape index (κ1) is 21.7. The molecule has 34 heavy (non-hydrogen) atoms. The summed E-state index contributed by atoms with van der Waals surface area (Å²) in [5, 5.41) is 0.668. The third-order valence-electron chi connectivity index (χ3n) is 5.55. The molecule has 0 bridgehead atoms. The Balaban J connectivity index is 1.39. The number of fused-ring (bicyclic) bond motifs is 1. The lowest BCUT2D eigenvalue weighted by Crippen LogP contribution is -2.32. The van der Waals surface area contributed by atoms with Gasteiger partial charge < -0.3 is 4.57 Å². The number of carbonyl (C=O) groups is 2. The highest BCUT2D eigenvalue weighted by Gasteiger charge is 2.21. The number of para-hydroxylation sites is 1. The SMILES string of the molecule is O=C(c1ccccc1)c1ccc(C(=O)N(CCCn2ccnc2)c2nc3ccccc3s2)cc1. The van der Waals surface area contributed by atoms with Crippen LogP contribution < -0.4 is 4.90 Å². The van der Waals surface area contributed by atoms with E-state index in [2.05, 4.69) is 4.98 Å². The smallest absolute Gasteiger partial charge is 0.260 e. The normalized spacial score (nSPS) is 10.9. The molecule has 0 aliphatic rings. The third-order valence-corrected chi connectivity index (χ3v) is 6.61. The van der Waals surface area contributed by atoms with Gasteiger partial charge in [0, 0.05) is 42.2 Å². The third kappa shape index (κ3) is 4.65. The van der Waals surface area contributed by atoms with Gasteiger partial charge in [-0.25, -0.2) is 9.97 Å². The van der Waals surface area contributed by atoms with Gasteiger partial charge in [0.15, 0.2) is 10.9 Å². The summed E-state index contributed by atoms with van der Waals surface area (Å²) >= 11 is 1.50. The van der Waals surface area contributed by atoms with Crippen molar-refractivity contribution in [2.45, 2.75) is 13.0 Å². The van der Waals surface area contributed by atoms with Crippen molar-refractivity contribution in [1.29, 1.82) is 0 Å². The standard InChI is InChI=1S/C27H22N4O2S/c32-25(20-7-2-1-3-8-20)21-11-13-22(14-12-21)26(33)31(17-6-16-30-18-15-28-19-30)27-29-23-9-4-5-10-24(23)34-27/h1-5,7-15,18-19H,6,16-17H2. The zero-order valence-corrected chi connectivity index (χ0v) is 19.2. The molecular weight excluding hydrogens is 444 g/mol. The van der Waals surface area contributed by atoms with Gasteiger partial charge in [0.05, 0.1) is 16.5 Å². The Morgan fingerprint density at radius 1 is 0.853 bits per heavy atom. The fourth-order valence-corrected chi connectivity index (χ4v) is 4.76. The Morgan fingerprint density at radius 3 is 2.29 bits per heavy atom. The molecule has 0 saturated heterocycles. The summed E-state index contributed by atoms with van der Waals surface area (Å²) in [6, 6.07) is 23.9. The van der Waals surface area contributed by atoms with Crippen molar-refractivity contribution in [3.8, 4) is 0 Å². The van der Waals surface area contributed by atoms with E-state index < -0.39 is 0 Å². The second-order valence-corrected chi connectivity index (χ2v) is 8.86. The van der Waals surface area contributed by atoms with Gasteiger partial charge in [0.2, 0.25) is 0 Å². The fourth-order valence-electron chi connectivity index (χ4n) is 3.77. The van der Waals surface area contributed by atoms with Crippen LogP contribution in [0.5, 0.6) is 0 Å². The van der Waals surface area contributed by atoms with Crippen LogP contribution in [0.2, 0.25) is 0 Å². The van der Waals surface area contributed by atoms with Gasteiger partial charge in [-0.15, -0.1) is 0 Å². The summed E-state index contributed by atoms with van der Waals surface area (Å²) in [6.45, 7) is 1.26. The van der Waals surface area contributed by atoms with Crippen LogP contribution in [-0.4, -0.2) is 32.8 Å². The molecule has 0 fully saturated rings. The molecule has 0 N–H and O–H groups in total. The molecule has 2 heterocycles. The molecular formula is C27H22N4O2S. The van der Waals surface area contributed by atoms with Crippen molar-refractivity contribution in [2.75, 3.05) is 11.4 Å². The number of amides is 1. The van der Waals surface area contributed by atoms with Crippen molar-refractivity contribution < 1.29 is 9.59 Å². The fraction of sp³-hybridized carbons (Fsp3) is 0.111. The molecule has 0 aliphatic heterocycles. The number of nitrogens with zero attached hydrogens (tertiary/aromatic N) is 4. The zero-order valence-electron chi connectivity index (χ0n) is 18.4.